The number of ketones is 1. The third-order valence-corrected chi connectivity index (χ3v) is 3.66. The lowest BCUT2D eigenvalue weighted by Gasteiger charge is -2.12. The fourth-order valence-electron chi connectivity index (χ4n) is 2.65. The second-order valence-electron chi connectivity index (χ2n) is 5.02. The van der Waals surface area contributed by atoms with Crippen molar-refractivity contribution >= 4 is 16.6 Å². The first-order valence-electron chi connectivity index (χ1n) is 6.54. The highest BCUT2D eigenvalue weighted by atomic mass is 19.1. The van der Waals surface area contributed by atoms with Gasteiger partial charge in [-0.15, -0.1) is 0 Å². The quantitative estimate of drug-likeness (QED) is 0.767. The molecule has 2 aromatic carbocycles. The third kappa shape index (κ3) is 2.15. The lowest BCUT2D eigenvalue weighted by atomic mass is 9.97. The van der Waals surface area contributed by atoms with Gasteiger partial charge in [0.1, 0.15) is 11.9 Å². The molecule has 0 aromatic heterocycles. The van der Waals surface area contributed by atoms with Crippen molar-refractivity contribution in [2.24, 2.45) is 0 Å². The van der Waals surface area contributed by atoms with E-state index in [1.165, 1.54) is 6.07 Å². The minimum atomic E-state index is -0.385. The summed E-state index contributed by atoms with van der Waals surface area (Å²) in [5.41, 5.74) is 0.552. The molecule has 1 aliphatic heterocycles. The number of Topliss-reactive ketones (excluding diaryl/α,β-unsaturated/α-hetero) is 1. The Hall–Kier alpha value is -1.74. The Bertz CT molecular complexity index is 636. The van der Waals surface area contributed by atoms with Crippen LogP contribution in [0.4, 0.5) is 4.39 Å². The molecule has 3 rings (SSSR count). The van der Waals surface area contributed by atoms with Crippen LogP contribution in [0.1, 0.15) is 30.1 Å². The van der Waals surface area contributed by atoms with E-state index in [1.54, 1.807) is 24.3 Å². The zero-order valence-electron chi connectivity index (χ0n) is 10.7. The third-order valence-electron chi connectivity index (χ3n) is 3.66. The predicted molar refractivity (Wildman–Crippen MR) is 71.8 cm³/mol. The molecule has 3 heteroatoms. The maximum Gasteiger partial charge on any atom is 0.192 e. The highest BCUT2D eigenvalue weighted by Crippen LogP contribution is 2.27. The van der Waals surface area contributed by atoms with Gasteiger partial charge in [-0.3, -0.25) is 4.79 Å². The van der Waals surface area contributed by atoms with Gasteiger partial charge in [-0.25, -0.2) is 4.39 Å². The Kier molecular flexibility index (Phi) is 3.07. The van der Waals surface area contributed by atoms with Crippen LogP contribution in [0.25, 0.3) is 10.8 Å². The summed E-state index contributed by atoms with van der Waals surface area (Å²) in [5, 5.41) is 1.15. The van der Waals surface area contributed by atoms with Crippen LogP contribution in [0.2, 0.25) is 0 Å². The number of carbonyl (C=O) groups is 1. The van der Waals surface area contributed by atoms with E-state index in [0.717, 1.165) is 12.8 Å². The van der Waals surface area contributed by atoms with Gasteiger partial charge < -0.3 is 4.74 Å². The van der Waals surface area contributed by atoms with Gasteiger partial charge in [-0.2, -0.15) is 0 Å². The number of rotatable bonds is 2. The lowest BCUT2D eigenvalue weighted by molar-refractivity contribution is 0.0435. The van der Waals surface area contributed by atoms with Crippen LogP contribution in [-0.2, 0) is 4.74 Å². The molecule has 2 aromatic rings. The van der Waals surface area contributed by atoms with Crippen molar-refractivity contribution in [3.63, 3.8) is 0 Å². The van der Waals surface area contributed by atoms with Crippen LogP contribution >= 0.6 is 0 Å². The molecule has 0 N–H and O–H groups in total. The van der Waals surface area contributed by atoms with Gasteiger partial charge in [0.15, 0.2) is 5.78 Å². The van der Waals surface area contributed by atoms with Gasteiger partial charge in [-0.05, 0) is 37.3 Å². The molecule has 0 aliphatic carbocycles. The normalized spacial score (nSPS) is 22.8. The van der Waals surface area contributed by atoms with Crippen molar-refractivity contribution in [3.8, 4) is 0 Å². The van der Waals surface area contributed by atoms with E-state index in [1.807, 2.05) is 13.0 Å². The van der Waals surface area contributed by atoms with Crippen LogP contribution in [0.5, 0.6) is 0 Å². The monoisotopic (exact) mass is 258 g/mol. The molecule has 2 unspecified atom stereocenters. The van der Waals surface area contributed by atoms with Crippen molar-refractivity contribution in [2.45, 2.75) is 32.0 Å². The summed E-state index contributed by atoms with van der Waals surface area (Å²) >= 11 is 0. The number of hydrogen-bond acceptors (Lipinski definition) is 2. The van der Waals surface area contributed by atoms with Crippen molar-refractivity contribution in [3.05, 3.63) is 47.8 Å². The molecule has 98 valence electrons. The van der Waals surface area contributed by atoms with Crippen LogP contribution in [-0.4, -0.2) is 18.0 Å². The first-order chi connectivity index (χ1) is 9.16. The molecule has 1 fully saturated rings. The summed E-state index contributed by atoms with van der Waals surface area (Å²) < 4.78 is 19.3. The second kappa shape index (κ2) is 4.74. The minimum Gasteiger partial charge on any atom is -0.367 e. The van der Waals surface area contributed by atoms with Crippen molar-refractivity contribution in [1.82, 2.24) is 0 Å². The largest absolute Gasteiger partial charge is 0.367 e. The van der Waals surface area contributed by atoms with E-state index < -0.39 is 0 Å². The molecule has 0 amide bonds. The van der Waals surface area contributed by atoms with Crippen molar-refractivity contribution < 1.29 is 13.9 Å². The molecule has 1 aliphatic rings. The average Bonchev–Trinajstić information content (AvgIpc) is 2.86. The molecule has 0 radical (unpaired) electrons. The number of benzene rings is 2. The zero-order chi connectivity index (χ0) is 13.4. The molecule has 19 heavy (non-hydrogen) atoms. The molecule has 1 saturated heterocycles. The van der Waals surface area contributed by atoms with Gasteiger partial charge in [0.2, 0.25) is 0 Å². The summed E-state index contributed by atoms with van der Waals surface area (Å²) in [5.74, 6) is -0.339. The predicted octanol–water partition coefficient (Wildman–Crippen LogP) is 3.73. The second-order valence-corrected chi connectivity index (χ2v) is 5.02. The van der Waals surface area contributed by atoms with E-state index in [4.69, 9.17) is 4.74 Å². The standard InChI is InChI=1S/C16H15FO2/c1-10-6-9-15(19-10)16(18)13-7-8-14(17)12-5-3-2-4-11(12)13/h2-5,7-8,10,15H,6,9H2,1H3. The van der Waals surface area contributed by atoms with Gasteiger partial charge in [0.25, 0.3) is 0 Å². The first kappa shape index (κ1) is 12.3. The molecule has 0 saturated carbocycles. The van der Waals surface area contributed by atoms with Gasteiger partial charge >= 0.3 is 0 Å². The van der Waals surface area contributed by atoms with Crippen LogP contribution in [0.15, 0.2) is 36.4 Å². The summed E-state index contributed by atoms with van der Waals surface area (Å²) in [7, 11) is 0. The van der Waals surface area contributed by atoms with E-state index in [9.17, 15) is 9.18 Å². The SMILES string of the molecule is CC1CCC(C(=O)c2ccc(F)c3ccccc23)O1. The molecule has 0 spiro atoms. The zero-order valence-corrected chi connectivity index (χ0v) is 10.7. The van der Waals surface area contributed by atoms with Crippen molar-refractivity contribution in [2.75, 3.05) is 0 Å². The summed E-state index contributed by atoms with van der Waals surface area (Å²) in [4.78, 5) is 12.5. The maximum atomic E-state index is 13.7. The van der Waals surface area contributed by atoms with Gasteiger partial charge in [0.05, 0.1) is 6.10 Å². The smallest absolute Gasteiger partial charge is 0.192 e. The Morgan fingerprint density at radius 3 is 2.58 bits per heavy atom. The number of hydrogen-bond donors (Lipinski definition) is 0. The van der Waals surface area contributed by atoms with E-state index in [0.29, 0.717) is 16.3 Å². The topological polar surface area (TPSA) is 26.3 Å². The highest BCUT2D eigenvalue weighted by molar-refractivity contribution is 6.10. The molecule has 1 heterocycles. The lowest BCUT2D eigenvalue weighted by Crippen LogP contribution is -2.21. The highest BCUT2D eigenvalue weighted by Gasteiger charge is 2.29. The maximum absolute atomic E-state index is 13.7. The van der Waals surface area contributed by atoms with Crippen LogP contribution in [0, 0.1) is 5.82 Å². The molecular weight excluding hydrogens is 243 g/mol. The Labute approximate surface area is 111 Å². The molecular formula is C16H15FO2. The minimum absolute atomic E-state index is 0.0412. The molecule has 2 atom stereocenters. The summed E-state index contributed by atoms with van der Waals surface area (Å²) in [6.07, 6.45) is 1.38. The van der Waals surface area contributed by atoms with Gasteiger partial charge in [-0.1, -0.05) is 24.3 Å². The first-order valence-corrected chi connectivity index (χ1v) is 6.54. The van der Waals surface area contributed by atoms with Crippen LogP contribution in [0.3, 0.4) is 0 Å². The van der Waals surface area contributed by atoms with Crippen LogP contribution < -0.4 is 0 Å². The van der Waals surface area contributed by atoms with E-state index in [2.05, 4.69) is 0 Å². The Morgan fingerprint density at radius 2 is 1.89 bits per heavy atom. The number of carbonyl (C=O) groups excluding carboxylic acids is 1. The average molecular weight is 258 g/mol. The van der Waals surface area contributed by atoms with Gasteiger partial charge in [0, 0.05) is 10.9 Å². The number of ether oxygens (including phenoxy) is 1. The number of halogens is 1. The van der Waals surface area contributed by atoms with E-state index >= 15 is 0 Å². The van der Waals surface area contributed by atoms with E-state index in [-0.39, 0.29) is 23.8 Å². The number of fused-ring (bicyclic) bond motifs is 1. The molecule has 0 bridgehead atoms. The summed E-state index contributed by atoms with van der Waals surface area (Å²) in [6, 6.07) is 9.98. The summed E-state index contributed by atoms with van der Waals surface area (Å²) in [6.45, 7) is 1.97. The Morgan fingerprint density at radius 1 is 1.16 bits per heavy atom. The Balaban J connectivity index is 2.06. The molecule has 2 nitrogen and oxygen atoms in total. The fraction of sp³-hybridized carbons (Fsp3) is 0.312. The van der Waals surface area contributed by atoms with Crippen molar-refractivity contribution in [1.29, 1.82) is 0 Å². The fourth-order valence-corrected chi connectivity index (χ4v) is 2.65.